The van der Waals surface area contributed by atoms with E-state index in [-0.39, 0.29) is 0 Å². The van der Waals surface area contributed by atoms with Crippen LogP contribution in [0.15, 0.2) is 47.2 Å². The fraction of sp³-hybridized carbons (Fsp3) is 0.235. The third-order valence-corrected chi connectivity index (χ3v) is 4.59. The lowest BCUT2D eigenvalue weighted by atomic mass is 10.1. The van der Waals surface area contributed by atoms with Crippen LogP contribution >= 0.6 is 15.9 Å². The minimum absolute atomic E-state index is 0.624. The van der Waals surface area contributed by atoms with E-state index < -0.39 is 0 Å². The number of fused-ring (bicyclic) bond motifs is 1. The molecule has 3 heterocycles. The van der Waals surface area contributed by atoms with Crippen LogP contribution in [-0.4, -0.2) is 26.3 Å². The first-order valence-corrected chi connectivity index (χ1v) is 8.66. The van der Waals surface area contributed by atoms with Gasteiger partial charge in [0.25, 0.3) is 0 Å². The number of nitrogens with one attached hydrogen (secondary N) is 2. The van der Waals surface area contributed by atoms with Crippen molar-refractivity contribution in [3.8, 4) is 11.3 Å². The molecule has 0 atom stereocenters. The van der Waals surface area contributed by atoms with Gasteiger partial charge in [-0.15, -0.1) is 0 Å². The van der Waals surface area contributed by atoms with E-state index in [0.717, 1.165) is 35.4 Å². The van der Waals surface area contributed by atoms with Crippen molar-refractivity contribution < 1.29 is 0 Å². The number of hydrogen-bond acceptors (Lipinski definition) is 5. The summed E-state index contributed by atoms with van der Waals surface area (Å²) in [5.74, 6) is 0.624. The normalized spacial score (nSPS) is 13.5. The van der Waals surface area contributed by atoms with Crippen LogP contribution in [0.5, 0.6) is 0 Å². The zero-order valence-electron chi connectivity index (χ0n) is 13.0. The lowest BCUT2D eigenvalue weighted by Gasteiger charge is -2.16. The van der Waals surface area contributed by atoms with Gasteiger partial charge in [-0.1, -0.05) is 28.1 Å². The van der Waals surface area contributed by atoms with Crippen molar-refractivity contribution in [2.75, 3.05) is 11.9 Å². The second kappa shape index (κ2) is 6.70. The summed E-state index contributed by atoms with van der Waals surface area (Å²) in [5, 5.41) is 11.1. The summed E-state index contributed by atoms with van der Waals surface area (Å²) in [4.78, 5) is 8.92. The Labute approximate surface area is 148 Å². The minimum atomic E-state index is 0.624. The first-order valence-electron chi connectivity index (χ1n) is 7.87. The molecule has 24 heavy (non-hydrogen) atoms. The van der Waals surface area contributed by atoms with E-state index in [1.807, 2.05) is 36.5 Å². The Kier molecular flexibility index (Phi) is 4.27. The Balaban J connectivity index is 1.50. The highest BCUT2D eigenvalue weighted by atomic mass is 79.9. The first kappa shape index (κ1) is 15.3. The molecule has 2 aromatic heterocycles. The second-order valence-corrected chi connectivity index (χ2v) is 6.56. The van der Waals surface area contributed by atoms with Gasteiger partial charge in [0, 0.05) is 41.4 Å². The van der Waals surface area contributed by atoms with Crippen LogP contribution in [-0.2, 0) is 19.6 Å². The third-order valence-electron chi connectivity index (χ3n) is 4.06. The lowest BCUT2D eigenvalue weighted by molar-refractivity contribution is 0.473. The third kappa shape index (κ3) is 3.18. The molecule has 0 fully saturated rings. The van der Waals surface area contributed by atoms with E-state index in [1.165, 1.54) is 11.3 Å². The molecular formula is C17H17BrN6. The molecule has 1 aromatic carbocycles. The van der Waals surface area contributed by atoms with Gasteiger partial charge in [-0.05, 0) is 18.2 Å². The molecular weight excluding hydrogens is 368 g/mol. The van der Waals surface area contributed by atoms with Gasteiger partial charge in [0.1, 0.15) is 0 Å². The highest BCUT2D eigenvalue weighted by molar-refractivity contribution is 9.10. The summed E-state index contributed by atoms with van der Waals surface area (Å²) in [6.07, 6.45) is 3.70. The van der Waals surface area contributed by atoms with Gasteiger partial charge in [-0.2, -0.15) is 5.10 Å². The SMILES string of the molecule is Brc1ccc(-c2ccnc(NCc3cnn4c3CNCC4)n2)cc1. The summed E-state index contributed by atoms with van der Waals surface area (Å²) in [7, 11) is 0. The highest BCUT2D eigenvalue weighted by Crippen LogP contribution is 2.20. The van der Waals surface area contributed by atoms with E-state index in [2.05, 4.69) is 46.3 Å². The molecule has 3 aromatic rings. The molecule has 0 amide bonds. The van der Waals surface area contributed by atoms with Crippen LogP contribution in [0, 0.1) is 0 Å². The molecule has 1 aliphatic heterocycles. The number of hydrogen-bond donors (Lipinski definition) is 2. The van der Waals surface area contributed by atoms with Crippen molar-refractivity contribution in [3.63, 3.8) is 0 Å². The largest absolute Gasteiger partial charge is 0.350 e. The molecule has 0 saturated heterocycles. The summed E-state index contributed by atoms with van der Waals surface area (Å²) in [6.45, 7) is 3.42. The fourth-order valence-electron chi connectivity index (χ4n) is 2.79. The molecule has 0 spiro atoms. The maximum absolute atomic E-state index is 4.60. The maximum atomic E-state index is 4.60. The minimum Gasteiger partial charge on any atom is -0.350 e. The Morgan fingerprint density at radius 3 is 2.96 bits per heavy atom. The van der Waals surface area contributed by atoms with Crippen molar-refractivity contribution in [2.24, 2.45) is 0 Å². The predicted molar refractivity (Wildman–Crippen MR) is 96.4 cm³/mol. The zero-order chi connectivity index (χ0) is 16.4. The molecule has 0 bridgehead atoms. The fourth-order valence-corrected chi connectivity index (χ4v) is 3.05. The van der Waals surface area contributed by atoms with Crippen LogP contribution < -0.4 is 10.6 Å². The molecule has 122 valence electrons. The van der Waals surface area contributed by atoms with Crippen molar-refractivity contribution in [1.29, 1.82) is 0 Å². The monoisotopic (exact) mass is 384 g/mol. The van der Waals surface area contributed by atoms with Crippen LogP contribution in [0.2, 0.25) is 0 Å². The number of anilines is 1. The maximum Gasteiger partial charge on any atom is 0.223 e. The molecule has 6 nitrogen and oxygen atoms in total. The van der Waals surface area contributed by atoms with E-state index in [1.54, 1.807) is 6.20 Å². The summed E-state index contributed by atoms with van der Waals surface area (Å²) in [5.41, 5.74) is 4.38. The van der Waals surface area contributed by atoms with Gasteiger partial charge < -0.3 is 10.6 Å². The van der Waals surface area contributed by atoms with E-state index in [0.29, 0.717) is 12.5 Å². The Bertz CT molecular complexity index is 843. The molecule has 0 saturated carbocycles. The number of nitrogens with zero attached hydrogens (tertiary/aromatic N) is 4. The van der Waals surface area contributed by atoms with Gasteiger partial charge in [-0.3, -0.25) is 4.68 Å². The van der Waals surface area contributed by atoms with Crippen LogP contribution in [0.3, 0.4) is 0 Å². The quantitative estimate of drug-likeness (QED) is 0.723. The topological polar surface area (TPSA) is 67.7 Å². The average Bonchev–Trinajstić information content (AvgIpc) is 3.04. The molecule has 7 heteroatoms. The van der Waals surface area contributed by atoms with Gasteiger partial charge in [0.2, 0.25) is 5.95 Å². The van der Waals surface area contributed by atoms with E-state index in [9.17, 15) is 0 Å². The number of aromatic nitrogens is 4. The van der Waals surface area contributed by atoms with Crippen molar-refractivity contribution in [2.45, 2.75) is 19.6 Å². The number of halogens is 1. The van der Waals surface area contributed by atoms with Crippen LogP contribution in [0.1, 0.15) is 11.3 Å². The van der Waals surface area contributed by atoms with Gasteiger partial charge in [0.15, 0.2) is 0 Å². The Morgan fingerprint density at radius 1 is 1.21 bits per heavy atom. The van der Waals surface area contributed by atoms with Crippen molar-refractivity contribution >= 4 is 21.9 Å². The van der Waals surface area contributed by atoms with Gasteiger partial charge in [-0.25, -0.2) is 9.97 Å². The smallest absolute Gasteiger partial charge is 0.223 e. The second-order valence-electron chi connectivity index (χ2n) is 5.64. The number of benzene rings is 1. The van der Waals surface area contributed by atoms with Gasteiger partial charge >= 0.3 is 0 Å². The Morgan fingerprint density at radius 2 is 2.08 bits per heavy atom. The van der Waals surface area contributed by atoms with E-state index in [4.69, 9.17) is 0 Å². The first-order chi connectivity index (χ1) is 11.8. The molecule has 2 N–H and O–H groups in total. The lowest BCUT2D eigenvalue weighted by Crippen LogP contribution is -2.29. The molecule has 4 rings (SSSR count). The molecule has 1 aliphatic rings. The predicted octanol–water partition coefficient (Wildman–Crippen LogP) is 2.82. The van der Waals surface area contributed by atoms with Crippen LogP contribution in [0.4, 0.5) is 5.95 Å². The van der Waals surface area contributed by atoms with Crippen molar-refractivity contribution in [1.82, 2.24) is 25.1 Å². The summed E-state index contributed by atoms with van der Waals surface area (Å²) in [6, 6.07) is 10.0. The Hall–Kier alpha value is -2.25. The number of rotatable bonds is 4. The molecule has 0 radical (unpaired) electrons. The molecule has 0 aliphatic carbocycles. The summed E-state index contributed by atoms with van der Waals surface area (Å²) < 4.78 is 3.12. The standard InChI is InChI=1S/C17H17BrN6/c18-14-3-1-12(2-4-14)15-5-6-20-17(23-15)21-9-13-10-22-24-8-7-19-11-16(13)24/h1-6,10,19H,7-9,11H2,(H,20,21,23). The van der Waals surface area contributed by atoms with E-state index >= 15 is 0 Å². The van der Waals surface area contributed by atoms with Crippen molar-refractivity contribution in [3.05, 3.63) is 58.5 Å². The highest BCUT2D eigenvalue weighted by Gasteiger charge is 2.14. The van der Waals surface area contributed by atoms with Crippen LogP contribution in [0.25, 0.3) is 11.3 Å². The average molecular weight is 385 g/mol. The zero-order valence-corrected chi connectivity index (χ0v) is 14.6. The summed E-state index contributed by atoms with van der Waals surface area (Å²) >= 11 is 3.45. The van der Waals surface area contributed by atoms with Gasteiger partial charge in [0.05, 0.1) is 24.1 Å². The molecule has 0 unspecified atom stereocenters.